The predicted octanol–water partition coefficient (Wildman–Crippen LogP) is 1.58. The van der Waals surface area contributed by atoms with Gasteiger partial charge in [-0.2, -0.15) is 0 Å². The van der Waals surface area contributed by atoms with Gasteiger partial charge >= 0.3 is 5.97 Å². The lowest BCUT2D eigenvalue weighted by atomic mass is 10.1. The van der Waals surface area contributed by atoms with Gasteiger partial charge < -0.3 is 15.3 Å². The van der Waals surface area contributed by atoms with Crippen LogP contribution in [0.4, 0.5) is 0 Å². The van der Waals surface area contributed by atoms with E-state index in [1.54, 1.807) is 4.90 Å². The Bertz CT molecular complexity index is 642. The number of hydrogen-bond acceptors (Lipinski definition) is 3. The van der Waals surface area contributed by atoms with Gasteiger partial charge in [-0.05, 0) is 31.2 Å². The van der Waals surface area contributed by atoms with E-state index >= 15 is 0 Å². The van der Waals surface area contributed by atoms with E-state index in [0.717, 1.165) is 18.4 Å². The summed E-state index contributed by atoms with van der Waals surface area (Å²) in [5.74, 6) is -1.84. The Hall–Kier alpha value is -2.37. The van der Waals surface area contributed by atoms with E-state index < -0.39 is 17.9 Å². The summed E-state index contributed by atoms with van der Waals surface area (Å²) in [6, 6.07) is 8.75. The second kappa shape index (κ2) is 6.63. The number of carbonyl (C=O) groups excluding carboxylic acids is 2. The van der Waals surface area contributed by atoms with Crippen molar-refractivity contribution >= 4 is 17.8 Å². The van der Waals surface area contributed by atoms with Crippen LogP contribution in [0.2, 0.25) is 0 Å². The molecule has 1 heterocycles. The number of nitrogens with zero attached hydrogens (tertiary/aromatic N) is 1. The lowest BCUT2D eigenvalue weighted by molar-refractivity contribution is -0.143. The molecule has 0 spiro atoms. The minimum absolute atomic E-state index is 0.0305. The molecule has 6 heteroatoms. The summed E-state index contributed by atoms with van der Waals surface area (Å²) in [5.41, 5.74) is 1.02. The Labute approximate surface area is 140 Å². The third kappa shape index (κ3) is 3.42. The van der Waals surface area contributed by atoms with Gasteiger partial charge in [-0.3, -0.25) is 9.59 Å². The van der Waals surface area contributed by atoms with E-state index in [-0.39, 0.29) is 30.2 Å². The van der Waals surface area contributed by atoms with Crippen molar-refractivity contribution in [1.82, 2.24) is 10.2 Å². The molecule has 1 saturated carbocycles. The molecule has 1 aromatic rings. The van der Waals surface area contributed by atoms with E-state index in [0.29, 0.717) is 6.54 Å². The largest absolute Gasteiger partial charge is 0.480 e. The van der Waals surface area contributed by atoms with Crippen molar-refractivity contribution < 1.29 is 19.5 Å². The first kappa shape index (κ1) is 16.5. The molecule has 0 radical (unpaired) electrons. The number of hydrogen-bond donors (Lipinski definition) is 2. The van der Waals surface area contributed by atoms with Crippen LogP contribution in [0, 0.1) is 11.8 Å². The first-order valence-corrected chi connectivity index (χ1v) is 8.35. The second-order valence-corrected chi connectivity index (χ2v) is 6.70. The van der Waals surface area contributed by atoms with E-state index in [1.807, 2.05) is 37.3 Å². The van der Waals surface area contributed by atoms with Crippen LogP contribution >= 0.6 is 0 Å². The Morgan fingerprint density at radius 3 is 2.50 bits per heavy atom. The number of aliphatic carboxylic acids is 1. The molecule has 0 bridgehead atoms. The Kier molecular flexibility index (Phi) is 4.55. The van der Waals surface area contributed by atoms with Gasteiger partial charge in [-0.1, -0.05) is 30.3 Å². The molecule has 2 N–H and O–H groups in total. The third-order valence-electron chi connectivity index (χ3n) is 4.94. The summed E-state index contributed by atoms with van der Waals surface area (Å²) < 4.78 is 0. The molecule has 128 valence electrons. The number of amides is 2. The van der Waals surface area contributed by atoms with Crippen LogP contribution in [-0.2, 0) is 14.4 Å². The Balaban J connectivity index is 1.63. The zero-order valence-corrected chi connectivity index (χ0v) is 13.6. The standard InChI is InChI=1S/C18H22N2O4/c1-11(12-5-3-2-4-6-12)20-10-14(9-15(20)21)17(22)19-16(18(23)24)13-7-8-13/h2-6,11,13-14,16H,7-10H2,1H3,(H,19,22)(H,23,24). The molecule has 2 fully saturated rings. The monoisotopic (exact) mass is 330 g/mol. The van der Waals surface area contributed by atoms with Crippen molar-refractivity contribution in [2.75, 3.05) is 6.54 Å². The summed E-state index contributed by atoms with van der Waals surface area (Å²) in [5, 5.41) is 11.8. The van der Waals surface area contributed by atoms with Gasteiger partial charge in [-0.15, -0.1) is 0 Å². The number of benzene rings is 1. The third-order valence-corrected chi connectivity index (χ3v) is 4.94. The molecule has 0 aromatic heterocycles. The second-order valence-electron chi connectivity index (χ2n) is 6.70. The molecule has 6 nitrogen and oxygen atoms in total. The molecule has 1 aromatic carbocycles. The molecule has 1 aliphatic carbocycles. The topological polar surface area (TPSA) is 86.7 Å². The van der Waals surface area contributed by atoms with Crippen LogP contribution in [0.5, 0.6) is 0 Å². The molecule has 2 amide bonds. The van der Waals surface area contributed by atoms with Crippen molar-refractivity contribution in [3.8, 4) is 0 Å². The van der Waals surface area contributed by atoms with Gasteiger partial charge in [0.25, 0.3) is 0 Å². The molecule has 1 aliphatic heterocycles. The molecule has 1 saturated heterocycles. The van der Waals surface area contributed by atoms with Gasteiger partial charge in [0.15, 0.2) is 0 Å². The van der Waals surface area contributed by atoms with Crippen LogP contribution in [0.3, 0.4) is 0 Å². The van der Waals surface area contributed by atoms with Gasteiger partial charge in [0.2, 0.25) is 11.8 Å². The highest BCUT2D eigenvalue weighted by Crippen LogP contribution is 2.33. The predicted molar refractivity (Wildman–Crippen MR) is 87.0 cm³/mol. The highest BCUT2D eigenvalue weighted by atomic mass is 16.4. The molecule has 3 rings (SSSR count). The maximum Gasteiger partial charge on any atom is 0.326 e. The highest BCUT2D eigenvalue weighted by Gasteiger charge is 2.41. The number of likely N-dealkylation sites (tertiary alicyclic amines) is 1. The van der Waals surface area contributed by atoms with Crippen molar-refractivity contribution in [1.29, 1.82) is 0 Å². The summed E-state index contributed by atoms with van der Waals surface area (Å²) in [6.45, 7) is 2.27. The summed E-state index contributed by atoms with van der Waals surface area (Å²) in [7, 11) is 0. The van der Waals surface area contributed by atoms with Crippen molar-refractivity contribution in [2.45, 2.75) is 38.3 Å². The fourth-order valence-electron chi connectivity index (χ4n) is 3.27. The fourth-order valence-corrected chi connectivity index (χ4v) is 3.27. The average molecular weight is 330 g/mol. The molecular formula is C18H22N2O4. The quantitative estimate of drug-likeness (QED) is 0.829. The molecule has 3 atom stereocenters. The van der Waals surface area contributed by atoms with Gasteiger partial charge in [0.1, 0.15) is 6.04 Å². The summed E-state index contributed by atoms with van der Waals surface area (Å²) in [4.78, 5) is 37.7. The van der Waals surface area contributed by atoms with Crippen LogP contribution in [0.25, 0.3) is 0 Å². The summed E-state index contributed by atoms with van der Waals surface area (Å²) >= 11 is 0. The smallest absolute Gasteiger partial charge is 0.326 e. The fraction of sp³-hybridized carbons (Fsp3) is 0.500. The first-order chi connectivity index (χ1) is 11.5. The lowest BCUT2D eigenvalue weighted by Gasteiger charge is -2.25. The SMILES string of the molecule is CC(c1ccccc1)N1CC(C(=O)NC(C(=O)O)C2CC2)CC1=O. The van der Waals surface area contributed by atoms with E-state index in [4.69, 9.17) is 0 Å². The van der Waals surface area contributed by atoms with E-state index in [2.05, 4.69) is 5.32 Å². The zero-order chi connectivity index (χ0) is 17.3. The van der Waals surface area contributed by atoms with Crippen LogP contribution in [0.1, 0.15) is 37.8 Å². The van der Waals surface area contributed by atoms with E-state index in [1.165, 1.54) is 0 Å². The first-order valence-electron chi connectivity index (χ1n) is 8.35. The number of carboxylic acid groups (broad SMARTS) is 1. The number of carbonyl (C=O) groups is 3. The number of nitrogens with one attached hydrogen (secondary N) is 1. The van der Waals surface area contributed by atoms with Crippen molar-refractivity contribution in [2.24, 2.45) is 11.8 Å². The Morgan fingerprint density at radius 2 is 1.92 bits per heavy atom. The lowest BCUT2D eigenvalue weighted by Crippen LogP contribution is -2.45. The number of carboxylic acids is 1. The number of rotatable bonds is 6. The van der Waals surface area contributed by atoms with Gasteiger partial charge in [-0.25, -0.2) is 4.79 Å². The van der Waals surface area contributed by atoms with Gasteiger partial charge in [0.05, 0.1) is 12.0 Å². The maximum atomic E-state index is 12.4. The zero-order valence-electron chi connectivity index (χ0n) is 13.6. The van der Waals surface area contributed by atoms with Crippen LogP contribution in [0.15, 0.2) is 30.3 Å². The average Bonchev–Trinajstić information content (AvgIpc) is 3.33. The van der Waals surface area contributed by atoms with Crippen LogP contribution in [-0.4, -0.2) is 40.4 Å². The van der Waals surface area contributed by atoms with Crippen molar-refractivity contribution in [3.63, 3.8) is 0 Å². The van der Waals surface area contributed by atoms with Gasteiger partial charge in [0, 0.05) is 13.0 Å². The normalized spacial score (nSPS) is 23.0. The molecule has 2 aliphatic rings. The minimum Gasteiger partial charge on any atom is -0.480 e. The summed E-state index contributed by atoms with van der Waals surface area (Å²) in [6.07, 6.45) is 1.80. The molecule has 3 unspecified atom stereocenters. The van der Waals surface area contributed by atoms with Crippen molar-refractivity contribution in [3.05, 3.63) is 35.9 Å². The maximum absolute atomic E-state index is 12.4. The minimum atomic E-state index is -0.996. The molecular weight excluding hydrogens is 308 g/mol. The van der Waals surface area contributed by atoms with Crippen LogP contribution < -0.4 is 5.32 Å². The molecule has 24 heavy (non-hydrogen) atoms. The van der Waals surface area contributed by atoms with E-state index in [9.17, 15) is 19.5 Å². The Morgan fingerprint density at radius 1 is 1.25 bits per heavy atom. The highest BCUT2D eigenvalue weighted by molar-refractivity contribution is 5.91.